The SMILES string of the molecule is COc1ccc(C(OS(=O)(=O)c2ccc(C)cc2)C(Br)(Br)Br)cc1. The molecule has 130 valence electrons. The maximum absolute atomic E-state index is 12.6. The first-order valence-electron chi connectivity index (χ1n) is 6.84. The van der Waals surface area contributed by atoms with Gasteiger partial charge in [0.25, 0.3) is 10.1 Å². The van der Waals surface area contributed by atoms with Crippen molar-refractivity contribution < 1.29 is 17.3 Å². The fraction of sp³-hybridized carbons (Fsp3) is 0.250. The van der Waals surface area contributed by atoms with E-state index >= 15 is 0 Å². The number of methoxy groups -OCH3 is 1. The van der Waals surface area contributed by atoms with Gasteiger partial charge in [-0.3, -0.25) is 4.18 Å². The van der Waals surface area contributed by atoms with Crippen LogP contribution in [0.4, 0.5) is 0 Å². The van der Waals surface area contributed by atoms with Crippen molar-refractivity contribution in [2.24, 2.45) is 0 Å². The Bertz CT molecular complexity index is 782. The molecule has 0 saturated carbocycles. The van der Waals surface area contributed by atoms with Crippen LogP contribution in [0.25, 0.3) is 0 Å². The maximum atomic E-state index is 12.6. The topological polar surface area (TPSA) is 52.6 Å². The van der Waals surface area contributed by atoms with E-state index in [9.17, 15) is 8.42 Å². The Morgan fingerprint density at radius 2 is 1.50 bits per heavy atom. The zero-order valence-corrected chi connectivity index (χ0v) is 18.4. The van der Waals surface area contributed by atoms with Crippen LogP contribution in [-0.2, 0) is 14.3 Å². The quantitative estimate of drug-likeness (QED) is 0.381. The number of halogens is 3. The second-order valence-electron chi connectivity index (χ2n) is 5.06. The number of hydrogen-bond acceptors (Lipinski definition) is 4. The first-order chi connectivity index (χ1) is 11.1. The van der Waals surface area contributed by atoms with E-state index in [0.717, 1.165) is 5.56 Å². The van der Waals surface area contributed by atoms with Crippen LogP contribution in [0.15, 0.2) is 53.4 Å². The highest BCUT2D eigenvalue weighted by molar-refractivity contribution is 9.39. The number of aryl methyl sites for hydroxylation is 1. The fourth-order valence-corrected chi connectivity index (χ4v) is 4.50. The van der Waals surface area contributed by atoms with Gasteiger partial charge in [-0.2, -0.15) is 8.42 Å². The van der Waals surface area contributed by atoms with Crippen LogP contribution in [0.1, 0.15) is 17.2 Å². The highest BCUT2D eigenvalue weighted by Crippen LogP contribution is 2.48. The minimum Gasteiger partial charge on any atom is -0.497 e. The number of ether oxygens (including phenoxy) is 1. The molecule has 0 amide bonds. The van der Waals surface area contributed by atoms with Crippen molar-refractivity contribution in [3.05, 3.63) is 59.7 Å². The molecule has 1 unspecified atom stereocenters. The third kappa shape index (κ3) is 5.05. The molecule has 0 aliphatic rings. The van der Waals surface area contributed by atoms with Crippen molar-refractivity contribution in [2.75, 3.05) is 7.11 Å². The van der Waals surface area contributed by atoms with Gasteiger partial charge < -0.3 is 4.74 Å². The largest absolute Gasteiger partial charge is 0.497 e. The Kier molecular flexibility index (Phi) is 6.52. The minimum atomic E-state index is -3.94. The van der Waals surface area contributed by atoms with E-state index in [2.05, 4.69) is 47.8 Å². The van der Waals surface area contributed by atoms with Crippen molar-refractivity contribution in [1.29, 1.82) is 0 Å². The lowest BCUT2D eigenvalue weighted by molar-refractivity contribution is 0.228. The standard InChI is InChI=1S/C16H15Br3O4S/c1-11-3-9-14(10-4-11)24(20,21)23-15(16(17,18)19)12-5-7-13(22-2)8-6-12/h3-10,15H,1-2H3. The van der Waals surface area contributed by atoms with E-state index in [1.165, 1.54) is 12.1 Å². The average Bonchev–Trinajstić information content (AvgIpc) is 2.52. The number of hydrogen-bond donors (Lipinski definition) is 0. The third-order valence-corrected chi connectivity index (χ3v) is 5.79. The minimum absolute atomic E-state index is 0.100. The molecule has 2 aromatic carbocycles. The molecule has 2 aromatic rings. The van der Waals surface area contributed by atoms with Crippen LogP contribution in [0, 0.1) is 6.92 Å². The first-order valence-corrected chi connectivity index (χ1v) is 10.6. The van der Waals surface area contributed by atoms with Crippen LogP contribution in [-0.4, -0.2) is 17.7 Å². The van der Waals surface area contributed by atoms with Gasteiger partial charge in [0.2, 0.25) is 0 Å². The molecule has 0 aliphatic carbocycles. The van der Waals surface area contributed by atoms with Gasteiger partial charge in [-0.05, 0) is 36.8 Å². The molecule has 4 nitrogen and oxygen atoms in total. The van der Waals surface area contributed by atoms with E-state index < -0.39 is 18.4 Å². The summed E-state index contributed by atoms with van der Waals surface area (Å²) in [6, 6.07) is 13.5. The molecule has 2 rings (SSSR count). The van der Waals surface area contributed by atoms with Crippen molar-refractivity contribution in [3.63, 3.8) is 0 Å². The Labute approximate surface area is 167 Å². The van der Waals surface area contributed by atoms with Gasteiger partial charge in [0, 0.05) is 0 Å². The summed E-state index contributed by atoms with van der Waals surface area (Å²) < 4.78 is 34.8. The van der Waals surface area contributed by atoms with Gasteiger partial charge in [-0.15, -0.1) is 0 Å². The van der Waals surface area contributed by atoms with Crippen molar-refractivity contribution in [1.82, 2.24) is 0 Å². The molecule has 24 heavy (non-hydrogen) atoms. The summed E-state index contributed by atoms with van der Waals surface area (Å²) in [4.78, 5) is 0.100. The number of benzene rings is 2. The number of rotatable bonds is 5. The van der Waals surface area contributed by atoms with Crippen LogP contribution < -0.4 is 4.74 Å². The smallest absolute Gasteiger partial charge is 0.297 e. The lowest BCUT2D eigenvalue weighted by Crippen LogP contribution is -2.22. The Hall–Kier alpha value is -0.410. The average molecular weight is 543 g/mol. The van der Waals surface area contributed by atoms with Gasteiger partial charge >= 0.3 is 0 Å². The van der Waals surface area contributed by atoms with Gasteiger partial charge in [0.1, 0.15) is 11.9 Å². The van der Waals surface area contributed by atoms with E-state index in [4.69, 9.17) is 8.92 Å². The predicted molar refractivity (Wildman–Crippen MR) is 105 cm³/mol. The predicted octanol–water partition coefficient (Wildman–Crippen LogP) is 5.29. The van der Waals surface area contributed by atoms with E-state index in [0.29, 0.717) is 11.3 Å². The summed E-state index contributed by atoms with van der Waals surface area (Å²) in [6.45, 7) is 1.89. The molecule has 0 bridgehead atoms. The molecule has 0 heterocycles. The zero-order chi connectivity index (χ0) is 18.0. The Morgan fingerprint density at radius 1 is 0.958 bits per heavy atom. The first kappa shape index (κ1) is 19.9. The summed E-state index contributed by atoms with van der Waals surface area (Å²) >= 11 is 10.1. The second-order valence-corrected chi connectivity index (χ2v) is 13.6. The van der Waals surface area contributed by atoms with Crippen molar-refractivity contribution in [3.8, 4) is 5.75 Å². The lowest BCUT2D eigenvalue weighted by Gasteiger charge is -2.25. The van der Waals surface area contributed by atoms with Crippen molar-refractivity contribution >= 4 is 57.9 Å². The summed E-state index contributed by atoms with van der Waals surface area (Å²) in [6.07, 6.45) is -0.852. The summed E-state index contributed by atoms with van der Waals surface area (Å²) in [5.74, 6) is 0.670. The van der Waals surface area contributed by atoms with Gasteiger partial charge in [0.05, 0.1) is 12.0 Å². The molecule has 0 aromatic heterocycles. The van der Waals surface area contributed by atoms with Crippen LogP contribution in [0.5, 0.6) is 5.75 Å². The summed E-state index contributed by atoms with van der Waals surface area (Å²) in [5, 5.41) is 0. The van der Waals surface area contributed by atoms with E-state index in [1.807, 2.05) is 6.92 Å². The molecule has 0 aliphatic heterocycles. The van der Waals surface area contributed by atoms with Gasteiger partial charge in [-0.1, -0.05) is 77.6 Å². The molecular formula is C16H15Br3O4S. The molecule has 0 N–H and O–H groups in total. The molecule has 0 spiro atoms. The molecular weight excluding hydrogens is 528 g/mol. The third-order valence-electron chi connectivity index (χ3n) is 3.25. The van der Waals surface area contributed by atoms with E-state index in [1.54, 1.807) is 43.5 Å². The Balaban J connectivity index is 2.36. The van der Waals surface area contributed by atoms with Crippen molar-refractivity contribution in [2.45, 2.75) is 20.1 Å². The summed E-state index contributed by atoms with van der Waals surface area (Å²) in [7, 11) is -2.38. The van der Waals surface area contributed by atoms with E-state index in [-0.39, 0.29) is 4.90 Å². The van der Waals surface area contributed by atoms with Crippen LogP contribution >= 0.6 is 47.8 Å². The fourth-order valence-electron chi connectivity index (χ4n) is 1.96. The zero-order valence-electron chi connectivity index (χ0n) is 12.9. The van der Waals surface area contributed by atoms with Crippen LogP contribution in [0.3, 0.4) is 0 Å². The highest BCUT2D eigenvalue weighted by atomic mass is 80.0. The van der Waals surface area contributed by atoms with Gasteiger partial charge in [-0.25, -0.2) is 0 Å². The molecule has 8 heteroatoms. The molecule has 1 atom stereocenters. The molecule has 0 saturated heterocycles. The van der Waals surface area contributed by atoms with Crippen LogP contribution in [0.2, 0.25) is 0 Å². The van der Waals surface area contributed by atoms with Gasteiger partial charge in [0.15, 0.2) is 2.14 Å². The molecule has 0 fully saturated rings. The number of alkyl halides is 3. The lowest BCUT2D eigenvalue weighted by atomic mass is 10.1. The monoisotopic (exact) mass is 540 g/mol. The highest BCUT2D eigenvalue weighted by Gasteiger charge is 2.37. The Morgan fingerprint density at radius 3 is 1.96 bits per heavy atom. The maximum Gasteiger partial charge on any atom is 0.297 e. The normalized spacial score (nSPS) is 13.5. The second kappa shape index (κ2) is 7.86. The summed E-state index contributed by atoms with van der Waals surface area (Å²) in [5.41, 5.74) is 1.62. The molecule has 0 radical (unpaired) electrons.